The molecule has 16 heavy (non-hydrogen) atoms. The molecule has 89 valence electrons. The van der Waals surface area contributed by atoms with Gasteiger partial charge >= 0.3 is 6.36 Å². The fourth-order valence-corrected chi connectivity index (χ4v) is 1.13. The summed E-state index contributed by atoms with van der Waals surface area (Å²) in [4.78, 5) is 0. The summed E-state index contributed by atoms with van der Waals surface area (Å²) in [6.45, 7) is 0.912. The lowest BCUT2D eigenvalue weighted by atomic mass is 10.0. The van der Waals surface area contributed by atoms with Gasteiger partial charge in [-0.2, -0.15) is 0 Å². The molecule has 0 saturated heterocycles. The summed E-state index contributed by atoms with van der Waals surface area (Å²) >= 11 is 0. The molecule has 1 aromatic carbocycles. The zero-order valence-electron chi connectivity index (χ0n) is 8.31. The normalized spacial score (nSPS) is 11.9. The van der Waals surface area contributed by atoms with Gasteiger partial charge in [-0.1, -0.05) is 6.92 Å². The van der Waals surface area contributed by atoms with Gasteiger partial charge < -0.3 is 9.84 Å². The van der Waals surface area contributed by atoms with Gasteiger partial charge in [0.1, 0.15) is 11.6 Å². The van der Waals surface area contributed by atoms with Crippen LogP contribution in [0.1, 0.15) is 12.5 Å². The van der Waals surface area contributed by atoms with Crippen LogP contribution in [-0.2, 0) is 0 Å². The first-order valence-electron chi connectivity index (χ1n) is 4.32. The lowest BCUT2D eigenvalue weighted by molar-refractivity contribution is -0.274. The number of aliphatic hydroxyl groups is 1. The van der Waals surface area contributed by atoms with E-state index in [0.717, 1.165) is 18.2 Å². The summed E-state index contributed by atoms with van der Waals surface area (Å²) < 4.78 is 52.6. The maximum atomic E-state index is 12.8. The maximum Gasteiger partial charge on any atom is 0.573 e. The first kappa shape index (κ1) is 12.8. The minimum atomic E-state index is -4.84. The number of benzene rings is 1. The van der Waals surface area contributed by atoms with E-state index >= 15 is 0 Å². The third-order valence-electron chi connectivity index (χ3n) is 1.86. The Morgan fingerprint density at radius 1 is 1.38 bits per heavy atom. The van der Waals surface area contributed by atoms with Gasteiger partial charge in [0.05, 0.1) is 6.61 Å². The SMILES string of the molecule is C[C](CO)c1cc(F)ccc1OC(F)(F)F. The van der Waals surface area contributed by atoms with Crippen LogP contribution < -0.4 is 4.74 Å². The molecular formula is C10H9F4O2. The van der Waals surface area contributed by atoms with E-state index in [9.17, 15) is 17.6 Å². The molecular weight excluding hydrogens is 228 g/mol. The Morgan fingerprint density at radius 2 is 2.00 bits per heavy atom. The van der Waals surface area contributed by atoms with E-state index < -0.39 is 24.5 Å². The van der Waals surface area contributed by atoms with E-state index in [1.54, 1.807) is 0 Å². The van der Waals surface area contributed by atoms with Crippen LogP contribution in [0.25, 0.3) is 0 Å². The van der Waals surface area contributed by atoms with Crippen molar-refractivity contribution in [3.63, 3.8) is 0 Å². The highest BCUT2D eigenvalue weighted by Crippen LogP contribution is 2.31. The zero-order chi connectivity index (χ0) is 12.3. The maximum absolute atomic E-state index is 12.8. The number of alkyl halides is 3. The topological polar surface area (TPSA) is 29.5 Å². The fourth-order valence-electron chi connectivity index (χ4n) is 1.13. The first-order valence-corrected chi connectivity index (χ1v) is 4.32. The van der Waals surface area contributed by atoms with Crippen molar-refractivity contribution < 1.29 is 27.4 Å². The summed E-state index contributed by atoms with van der Waals surface area (Å²) in [6.07, 6.45) is -4.84. The highest BCUT2D eigenvalue weighted by Gasteiger charge is 2.32. The highest BCUT2D eigenvalue weighted by molar-refractivity contribution is 5.43. The monoisotopic (exact) mass is 237 g/mol. The predicted molar refractivity (Wildman–Crippen MR) is 48.2 cm³/mol. The third-order valence-corrected chi connectivity index (χ3v) is 1.86. The molecule has 0 spiro atoms. The molecule has 1 radical (unpaired) electrons. The van der Waals surface area contributed by atoms with E-state index in [2.05, 4.69) is 4.74 Å². The Kier molecular flexibility index (Phi) is 3.74. The quantitative estimate of drug-likeness (QED) is 0.819. The minimum Gasteiger partial charge on any atom is -0.405 e. The van der Waals surface area contributed by atoms with Crippen LogP contribution in [0.5, 0.6) is 5.75 Å². The molecule has 0 fully saturated rings. The van der Waals surface area contributed by atoms with E-state index in [-0.39, 0.29) is 11.5 Å². The van der Waals surface area contributed by atoms with Gasteiger partial charge in [0, 0.05) is 11.5 Å². The zero-order valence-corrected chi connectivity index (χ0v) is 8.31. The second-order valence-corrected chi connectivity index (χ2v) is 3.13. The predicted octanol–water partition coefficient (Wildman–Crippen LogP) is 2.66. The molecule has 0 bridgehead atoms. The van der Waals surface area contributed by atoms with Gasteiger partial charge in [0.15, 0.2) is 0 Å². The van der Waals surface area contributed by atoms with Crippen LogP contribution >= 0.6 is 0 Å². The Hall–Kier alpha value is -1.30. The number of ether oxygens (including phenoxy) is 1. The average molecular weight is 237 g/mol. The van der Waals surface area contributed by atoms with Crippen molar-refractivity contribution >= 4 is 0 Å². The summed E-state index contributed by atoms with van der Waals surface area (Å²) in [5, 5.41) is 8.81. The molecule has 1 rings (SSSR count). The lowest BCUT2D eigenvalue weighted by Gasteiger charge is -2.16. The fraction of sp³-hybridized carbons (Fsp3) is 0.300. The largest absolute Gasteiger partial charge is 0.573 e. The Labute approximate surface area is 89.5 Å². The van der Waals surface area contributed by atoms with Crippen molar-refractivity contribution in [2.24, 2.45) is 0 Å². The molecule has 0 heterocycles. The van der Waals surface area contributed by atoms with Crippen LogP contribution in [0.2, 0.25) is 0 Å². The molecule has 2 nitrogen and oxygen atoms in total. The minimum absolute atomic E-state index is 0.0974. The van der Waals surface area contributed by atoms with Crippen molar-refractivity contribution in [3.8, 4) is 5.75 Å². The van der Waals surface area contributed by atoms with Crippen molar-refractivity contribution in [2.45, 2.75) is 13.3 Å². The third kappa shape index (κ3) is 3.37. The van der Waals surface area contributed by atoms with Crippen LogP contribution in [0.3, 0.4) is 0 Å². The summed E-state index contributed by atoms with van der Waals surface area (Å²) in [5.74, 6) is -1.03. The van der Waals surface area contributed by atoms with E-state index in [0.29, 0.717) is 0 Å². The van der Waals surface area contributed by atoms with Crippen molar-refractivity contribution in [1.29, 1.82) is 0 Å². The number of rotatable bonds is 3. The van der Waals surface area contributed by atoms with Crippen molar-refractivity contribution in [3.05, 3.63) is 35.5 Å². The van der Waals surface area contributed by atoms with E-state index in [1.165, 1.54) is 6.92 Å². The highest BCUT2D eigenvalue weighted by atomic mass is 19.4. The molecule has 0 aliphatic rings. The smallest absolute Gasteiger partial charge is 0.405 e. The number of hydrogen-bond donors (Lipinski definition) is 1. The number of halogens is 4. The second-order valence-electron chi connectivity index (χ2n) is 3.13. The van der Waals surface area contributed by atoms with Gasteiger partial charge in [-0.25, -0.2) is 4.39 Å². The average Bonchev–Trinajstić information content (AvgIpc) is 2.17. The first-order chi connectivity index (χ1) is 7.33. The molecule has 1 N–H and O–H groups in total. The standard InChI is InChI=1S/C10H9F4O2/c1-6(5-15)8-4-7(11)2-3-9(8)16-10(12,13)14/h2-4,15H,5H2,1H3. The Morgan fingerprint density at radius 3 is 2.50 bits per heavy atom. The molecule has 6 heteroatoms. The molecule has 0 aromatic heterocycles. The van der Waals surface area contributed by atoms with Crippen LogP contribution in [-0.4, -0.2) is 18.1 Å². The molecule has 0 aliphatic heterocycles. The summed E-state index contributed by atoms with van der Waals surface area (Å²) in [5.41, 5.74) is -0.0974. The van der Waals surface area contributed by atoms with Crippen LogP contribution in [0.4, 0.5) is 17.6 Å². The molecule has 0 atom stereocenters. The second kappa shape index (κ2) is 4.69. The van der Waals surface area contributed by atoms with Gasteiger partial charge in [0.25, 0.3) is 0 Å². The molecule has 0 aliphatic carbocycles. The number of hydrogen-bond acceptors (Lipinski definition) is 2. The lowest BCUT2D eigenvalue weighted by Crippen LogP contribution is -2.19. The molecule has 0 saturated carbocycles. The van der Waals surface area contributed by atoms with Gasteiger partial charge in [-0.05, 0) is 18.2 Å². The van der Waals surface area contributed by atoms with Gasteiger partial charge in [-0.15, -0.1) is 13.2 Å². The molecule has 0 unspecified atom stereocenters. The summed E-state index contributed by atoms with van der Waals surface area (Å²) in [7, 11) is 0. The molecule has 1 aromatic rings. The van der Waals surface area contributed by atoms with Crippen LogP contribution in [0, 0.1) is 11.7 Å². The van der Waals surface area contributed by atoms with E-state index in [4.69, 9.17) is 5.11 Å². The number of aliphatic hydroxyl groups excluding tert-OH is 1. The van der Waals surface area contributed by atoms with Gasteiger partial charge in [0.2, 0.25) is 0 Å². The van der Waals surface area contributed by atoms with Crippen LogP contribution in [0.15, 0.2) is 18.2 Å². The summed E-state index contributed by atoms with van der Waals surface area (Å²) in [6, 6.07) is 2.61. The Bertz CT molecular complexity index is 362. The Balaban J connectivity index is 3.07. The van der Waals surface area contributed by atoms with Crippen molar-refractivity contribution in [1.82, 2.24) is 0 Å². The van der Waals surface area contributed by atoms with E-state index in [1.807, 2.05) is 0 Å². The van der Waals surface area contributed by atoms with Gasteiger partial charge in [-0.3, -0.25) is 0 Å². The van der Waals surface area contributed by atoms with Crippen molar-refractivity contribution in [2.75, 3.05) is 6.61 Å². The molecule has 0 amide bonds.